The summed E-state index contributed by atoms with van der Waals surface area (Å²) < 4.78 is 5.38. The lowest BCUT2D eigenvalue weighted by Crippen LogP contribution is -2.54. The molecule has 0 spiro atoms. The van der Waals surface area contributed by atoms with Crippen LogP contribution in [0.25, 0.3) is 11.1 Å². The summed E-state index contributed by atoms with van der Waals surface area (Å²) in [6.07, 6.45) is 7.84. The molecule has 5 heteroatoms. The van der Waals surface area contributed by atoms with Crippen molar-refractivity contribution in [2.24, 2.45) is 0 Å². The average molecular weight is 448 g/mol. The van der Waals surface area contributed by atoms with Gasteiger partial charge < -0.3 is 9.64 Å². The Morgan fingerprint density at radius 1 is 0.909 bits per heavy atom. The predicted octanol–water partition coefficient (Wildman–Crippen LogP) is 4.20. The van der Waals surface area contributed by atoms with E-state index in [1.165, 1.54) is 54.4 Å². The van der Waals surface area contributed by atoms with Crippen LogP contribution >= 0.6 is 0 Å². The third kappa shape index (κ3) is 5.25. The minimum atomic E-state index is 0.301. The largest absolute Gasteiger partial charge is 0.497 e. The van der Waals surface area contributed by atoms with Crippen LogP contribution in [0.4, 0.5) is 0 Å². The zero-order valence-corrected chi connectivity index (χ0v) is 20.0. The topological polar surface area (TPSA) is 36.0 Å². The van der Waals surface area contributed by atoms with Gasteiger partial charge in [-0.05, 0) is 53.6 Å². The van der Waals surface area contributed by atoms with Gasteiger partial charge in [0, 0.05) is 45.3 Å². The van der Waals surface area contributed by atoms with Crippen molar-refractivity contribution < 1.29 is 9.53 Å². The molecule has 176 valence electrons. The Balaban J connectivity index is 1.15. The summed E-state index contributed by atoms with van der Waals surface area (Å²) in [6, 6.07) is 15.7. The Morgan fingerprint density at radius 2 is 1.70 bits per heavy atom. The number of hydrogen-bond donors (Lipinski definition) is 0. The summed E-state index contributed by atoms with van der Waals surface area (Å²) >= 11 is 0. The van der Waals surface area contributed by atoms with E-state index in [0.29, 0.717) is 12.5 Å². The summed E-state index contributed by atoms with van der Waals surface area (Å²) in [5.74, 6) is 1.18. The van der Waals surface area contributed by atoms with E-state index in [9.17, 15) is 4.79 Å². The van der Waals surface area contributed by atoms with Crippen LogP contribution in [-0.4, -0.2) is 73.0 Å². The molecule has 33 heavy (non-hydrogen) atoms. The molecule has 0 unspecified atom stereocenters. The van der Waals surface area contributed by atoms with Crippen molar-refractivity contribution in [3.63, 3.8) is 0 Å². The molecule has 0 atom stereocenters. The molecule has 0 radical (unpaired) electrons. The molecule has 2 fully saturated rings. The quantitative estimate of drug-likeness (QED) is 0.688. The Kier molecular flexibility index (Phi) is 6.98. The molecule has 1 aliphatic carbocycles. The molecule has 5 nitrogen and oxygen atoms in total. The van der Waals surface area contributed by atoms with Gasteiger partial charge in [0.15, 0.2) is 0 Å². The van der Waals surface area contributed by atoms with Crippen LogP contribution in [0, 0.1) is 0 Å². The number of carbonyl (C=O) groups excluding carboxylic acids is 1. The lowest BCUT2D eigenvalue weighted by atomic mass is 9.94. The van der Waals surface area contributed by atoms with Gasteiger partial charge in [0.2, 0.25) is 5.91 Å². The monoisotopic (exact) mass is 447 g/mol. The molecule has 1 amide bonds. The summed E-state index contributed by atoms with van der Waals surface area (Å²) in [6.45, 7) is 6.23. The zero-order valence-electron chi connectivity index (χ0n) is 20.0. The molecule has 2 aromatic rings. The van der Waals surface area contributed by atoms with Crippen LogP contribution < -0.4 is 4.74 Å². The fourth-order valence-electron chi connectivity index (χ4n) is 5.80. The van der Waals surface area contributed by atoms with Gasteiger partial charge in [-0.25, -0.2) is 0 Å². The van der Waals surface area contributed by atoms with Crippen molar-refractivity contribution in [2.75, 3.05) is 46.4 Å². The number of methoxy groups -OCH3 is 1. The number of benzene rings is 2. The third-order valence-electron chi connectivity index (χ3n) is 7.82. The molecule has 0 aromatic heterocycles. The summed E-state index contributed by atoms with van der Waals surface area (Å²) in [7, 11) is 1.71. The highest BCUT2D eigenvalue weighted by molar-refractivity contribution is 5.78. The highest BCUT2D eigenvalue weighted by Crippen LogP contribution is 2.29. The second-order valence-corrected chi connectivity index (χ2v) is 9.88. The van der Waals surface area contributed by atoms with Crippen LogP contribution in [-0.2, 0) is 17.8 Å². The summed E-state index contributed by atoms with van der Waals surface area (Å²) in [4.78, 5) is 20.1. The molecular formula is C28H37N3O2. The van der Waals surface area contributed by atoms with E-state index in [4.69, 9.17) is 4.74 Å². The number of fused-ring (bicyclic) bond motifs is 1. The molecule has 2 heterocycles. The Labute approximate surface area is 198 Å². The fraction of sp³-hybridized carbons (Fsp3) is 0.536. The molecule has 1 saturated heterocycles. The Hall–Kier alpha value is -2.37. The van der Waals surface area contributed by atoms with Crippen LogP contribution in [0.3, 0.4) is 0 Å². The lowest BCUT2D eigenvalue weighted by molar-refractivity contribution is -0.134. The molecule has 3 aliphatic rings. The number of ether oxygens (including phenoxy) is 1. The molecule has 0 bridgehead atoms. The van der Waals surface area contributed by atoms with E-state index in [1.54, 1.807) is 7.11 Å². The summed E-state index contributed by atoms with van der Waals surface area (Å²) in [5, 5.41) is 0. The van der Waals surface area contributed by atoms with E-state index in [2.05, 4.69) is 45.0 Å². The number of amides is 1. The first-order valence-corrected chi connectivity index (χ1v) is 12.7. The third-order valence-corrected chi connectivity index (χ3v) is 7.82. The smallest absolute Gasteiger partial charge is 0.236 e. The molecule has 5 rings (SSSR count). The van der Waals surface area contributed by atoms with Crippen molar-refractivity contribution in [2.45, 2.75) is 51.1 Å². The van der Waals surface area contributed by atoms with E-state index in [1.807, 2.05) is 12.1 Å². The lowest BCUT2D eigenvalue weighted by Gasteiger charge is -2.41. The zero-order chi connectivity index (χ0) is 22.6. The number of nitrogens with zero attached hydrogens (tertiary/aromatic N) is 3. The van der Waals surface area contributed by atoms with Crippen molar-refractivity contribution >= 4 is 5.91 Å². The van der Waals surface area contributed by atoms with Gasteiger partial charge in [0.1, 0.15) is 5.75 Å². The first-order valence-electron chi connectivity index (χ1n) is 12.7. The van der Waals surface area contributed by atoms with E-state index in [-0.39, 0.29) is 0 Å². The summed E-state index contributed by atoms with van der Waals surface area (Å²) in [5.41, 5.74) is 5.16. The highest BCUT2D eigenvalue weighted by atomic mass is 16.5. The van der Waals surface area contributed by atoms with Gasteiger partial charge in [0.25, 0.3) is 0 Å². The molecular weight excluding hydrogens is 410 g/mol. The second-order valence-electron chi connectivity index (χ2n) is 9.88. The standard InChI is InChI=1S/C28H37N3O2/c1-33-27-9-5-6-22(19-27)23-10-11-25-20-29(13-12-24(25)18-23)21-28(32)31-16-14-30(15-17-31)26-7-3-2-4-8-26/h5-6,9-11,18-19,26H,2-4,7-8,12-17,20-21H2,1H3. The van der Waals surface area contributed by atoms with Gasteiger partial charge >= 0.3 is 0 Å². The number of rotatable bonds is 5. The average Bonchev–Trinajstić information content (AvgIpc) is 2.89. The van der Waals surface area contributed by atoms with Gasteiger partial charge in [-0.2, -0.15) is 0 Å². The molecule has 0 N–H and O–H groups in total. The fourth-order valence-corrected chi connectivity index (χ4v) is 5.80. The second kappa shape index (κ2) is 10.3. The van der Waals surface area contributed by atoms with E-state index < -0.39 is 0 Å². The maximum Gasteiger partial charge on any atom is 0.236 e. The van der Waals surface area contributed by atoms with Crippen LogP contribution in [0.5, 0.6) is 5.75 Å². The van der Waals surface area contributed by atoms with Gasteiger partial charge in [0.05, 0.1) is 13.7 Å². The van der Waals surface area contributed by atoms with Gasteiger partial charge in [-0.1, -0.05) is 49.6 Å². The van der Waals surface area contributed by atoms with Crippen molar-refractivity contribution in [1.82, 2.24) is 14.7 Å². The van der Waals surface area contributed by atoms with Crippen molar-refractivity contribution in [3.8, 4) is 16.9 Å². The minimum Gasteiger partial charge on any atom is -0.497 e. The van der Waals surface area contributed by atoms with Crippen molar-refractivity contribution in [1.29, 1.82) is 0 Å². The van der Waals surface area contributed by atoms with Crippen LogP contribution in [0.15, 0.2) is 42.5 Å². The van der Waals surface area contributed by atoms with Gasteiger partial charge in [-0.3, -0.25) is 14.6 Å². The maximum absolute atomic E-state index is 13.0. The van der Waals surface area contributed by atoms with Crippen LogP contribution in [0.2, 0.25) is 0 Å². The number of hydrogen-bond acceptors (Lipinski definition) is 4. The van der Waals surface area contributed by atoms with Gasteiger partial charge in [-0.15, -0.1) is 0 Å². The van der Waals surface area contributed by atoms with Crippen LogP contribution in [0.1, 0.15) is 43.2 Å². The Morgan fingerprint density at radius 3 is 2.48 bits per heavy atom. The highest BCUT2D eigenvalue weighted by Gasteiger charge is 2.28. The predicted molar refractivity (Wildman–Crippen MR) is 132 cm³/mol. The maximum atomic E-state index is 13.0. The minimum absolute atomic E-state index is 0.301. The molecule has 1 saturated carbocycles. The molecule has 2 aromatic carbocycles. The number of carbonyl (C=O) groups is 1. The number of piperazine rings is 1. The first kappa shape index (κ1) is 22.4. The Bertz CT molecular complexity index is 961. The SMILES string of the molecule is COc1cccc(-c2ccc3c(c2)CCN(CC(=O)N2CCN(C4CCCCC4)CC2)C3)c1. The van der Waals surface area contributed by atoms with E-state index >= 15 is 0 Å². The first-order chi connectivity index (χ1) is 16.2. The normalized spacial score (nSPS) is 20.5. The van der Waals surface area contributed by atoms with Crippen molar-refractivity contribution in [3.05, 3.63) is 53.6 Å². The molecule has 2 aliphatic heterocycles. The van der Waals surface area contributed by atoms with E-state index in [0.717, 1.165) is 57.5 Å².